The monoisotopic (exact) mass is 431 g/mol. The molecule has 2 heterocycles. The van der Waals surface area contributed by atoms with Gasteiger partial charge >= 0.3 is 0 Å². The Balaban J connectivity index is 1.76. The highest BCUT2D eigenvalue weighted by molar-refractivity contribution is 8.18. The van der Waals surface area contributed by atoms with E-state index in [9.17, 15) is 14.4 Å². The predicted molar refractivity (Wildman–Crippen MR) is 117 cm³/mol. The Bertz CT molecular complexity index is 1030. The minimum absolute atomic E-state index is 0.292. The van der Waals surface area contributed by atoms with Crippen LogP contribution in [-0.2, 0) is 9.59 Å². The van der Waals surface area contributed by atoms with Crippen molar-refractivity contribution in [2.45, 2.75) is 33.7 Å². The highest BCUT2D eigenvalue weighted by atomic mass is 35.5. The van der Waals surface area contributed by atoms with Crippen LogP contribution in [0.3, 0.4) is 0 Å². The summed E-state index contributed by atoms with van der Waals surface area (Å²) in [5.41, 5.74) is 3.44. The van der Waals surface area contributed by atoms with E-state index in [2.05, 4.69) is 23.7 Å². The number of hydrogen-bond acceptors (Lipinski definition) is 4. The number of para-hydroxylation sites is 1. The molecule has 0 bridgehead atoms. The van der Waals surface area contributed by atoms with Crippen LogP contribution in [-0.4, -0.2) is 33.1 Å². The quantitative estimate of drug-likeness (QED) is 0.675. The van der Waals surface area contributed by atoms with Crippen molar-refractivity contribution < 1.29 is 14.4 Å². The Kier molecular flexibility index (Phi) is 6.19. The van der Waals surface area contributed by atoms with Crippen molar-refractivity contribution in [1.82, 2.24) is 9.47 Å². The van der Waals surface area contributed by atoms with E-state index in [4.69, 9.17) is 11.6 Å². The van der Waals surface area contributed by atoms with Crippen LogP contribution in [0.1, 0.15) is 36.8 Å². The second-order valence-corrected chi connectivity index (χ2v) is 8.49. The van der Waals surface area contributed by atoms with Gasteiger partial charge in [0.1, 0.15) is 6.54 Å². The zero-order valence-corrected chi connectivity index (χ0v) is 18.2. The first-order chi connectivity index (χ1) is 13.7. The smallest absolute Gasteiger partial charge is 0.294 e. The molecule has 2 aromatic rings. The Morgan fingerprint density at radius 3 is 2.55 bits per heavy atom. The van der Waals surface area contributed by atoms with Gasteiger partial charge in [0.15, 0.2) is 0 Å². The fourth-order valence-electron chi connectivity index (χ4n) is 3.42. The number of amides is 3. The van der Waals surface area contributed by atoms with Gasteiger partial charge in [-0.15, -0.1) is 0 Å². The number of halogens is 1. The molecule has 1 fully saturated rings. The summed E-state index contributed by atoms with van der Waals surface area (Å²) >= 11 is 6.87. The molecule has 3 amide bonds. The number of benzene rings is 1. The van der Waals surface area contributed by atoms with Crippen molar-refractivity contribution in [2.75, 3.05) is 11.9 Å². The molecule has 0 spiro atoms. The van der Waals surface area contributed by atoms with Crippen molar-refractivity contribution in [1.29, 1.82) is 0 Å². The molecule has 1 saturated heterocycles. The summed E-state index contributed by atoms with van der Waals surface area (Å²) in [5.74, 6) is -0.955. The molecule has 152 valence electrons. The number of hydrogen-bond donors (Lipinski definition) is 1. The first-order valence-electron chi connectivity index (χ1n) is 9.17. The molecule has 0 atom stereocenters. The Morgan fingerprint density at radius 1 is 1.24 bits per heavy atom. The molecule has 1 aromatic heterocycles. The molecule has 8 heteroatoms. The molecule has 0 unspecified atom stereocenters. The Hall–Kier alpha value is -2.51. The maximum Gasteiger partial charge on any atom is 0.294 e. The lowest BCUT2D eigenvalue weighted by molar-refractivity contribution is -0.127. The summed E-state index contributed by atoms with van der Waals surface area (Å²) in [5, 5.41) is 2.55. The Morgan fingerprint density at radius 2 is 1.93 bits per heavy atom. The molecule has 0 saturated carbocycles. The molecular weight excluding hydrogens is 410 g/mol. The Labute approximate surface area is 178 Å². The highest BCUT2D eigenvalue weighted by Gasteiger charge is 2.36. The van der Waals surface area contributed by atoms with E-state index >= 15 is 0 Å². The van der Waals surface area contributed by atoms with Gasteiger partial charge in [-0.05, 0) is 69.3 Å². The van der Waals surface area contributed by atoms with Crippen molar-refractivity contribution in [2.24, 2.45) is 0 Å². The number of aryl methyl sites for hydroxylation is 1. The minimum atomic E-state index is -0.486. The topological polar surface area (TPSA) is 71.4 Å². The van der Waals surface area contributed by atoms with Crippen LogP contribution < -0.4 is 5.32 Å². The van der Waals surface area contributed by atoms with E-state index in [1.807, 2.05) is 19.9 Å². The van der Waals surface area contributed by atoms with Gasteiger partial charge < -0.3 is 9.88 Å². The first kappa shape index (κ1) is 21.2. The number of carbonyl (C=O) groups excluding carboxylic acids is 3. The van der Waals surface area contributed by atoms with Crippen LogP contribution in [0.5, 0.6) is 0 Å². The third kappa shape index (κ3) is 4.41. The molecule has 6 nitrogen and oxygen atoms in total. The second kappa shape index (κ2) is 8.47. The standard InChI is InChI=1S/C21H22ClN3O3S/c1-12(2)25-13(3)9-15(14(25)4)10-18-20(27)24(21(28)29-18)11-19(26)23-17-8-6-5-7-16(17)22/h5-10,12H,11H2,1-4H3,(H,23,26)/b18-10+. The van der Waals surface area contributed by atoms with Crippen LogP contribution in [0, 0.1) is 13.8 Å². The van der Waals surface area contributed by atoms with E-state index in [0.717, 1.165) is 33.6 Å². The fourth-order valence-corrected chi connectivity index (χ4v) is 4.43. The number of rotatable bonds is 5. The SMILES string of the molecule is Cc1cc(/C=C2/SC(=O)N(CC(=O)Nc3ccccc3Cl)C2=O)c(C)n1C(C)C. The molecule has 0 aliphatic carbocycles. The zero-order chi connectivity index (χ0) is 21.3. The average Bonchev–Trinajstić information content (AvgIpc) is 3.07. The molecule has 1 aliphatic rings. The lowest BCUT2D eigenvalue weighted by Crippen LogP contribution is -2.36. The van der Waals surface area contributed by atoms with Gasteiger partial charge in [0.25, 0.3) is 11.1 Å². The summed E-state index contributed by atoms with van der Waals surface area (Å²) in [7, 11) is 0. The van der Waals surface area contributed by atoms with Gasteiger partial charge in [0, 0.05) is 17.4 Å². The zero-order valence-electron chi connectivity index (χ0n) is 16.7. The van der Waals surface area contributed by atoms with E-state index < -0.39 is 17.1 Å². The molecule has 1 N–H and O–H groups in total. The normalized spacial score (nSPS) is 15.7. The van der Waals surface area contributed by atoms with Gasteiger partial charge in [-0.25, -0.2) is 0 Å². The predicted octanol–water partition coefficient (Wildman–Crippen LogP) is 5.01. The fraction of sp³-hybridized carbons (Fsp3) is 0.286. The number of imide groups is 1. The van der Waals surface area contributed by atoms with Crippen LogP contribution in [0.15, 0.2) is 35.2 Å². The maximum atomic E-state index is 12.7. The van der Waals surface area contributed by atoms with Gasteiger partial charge in [-0.2, -0.15) is 0 Å². The lowest BCUT2D eigenvalue weighted by Gasteiger charge is -2.13. The number of aromatic nitrogens is 1. The number of anilines is 1. The van der Waals surface area contributed by atoms with Gasteiger partial charge in [-0.1, -0.05) is 23.7 Å². The molecule has 3 rings (SSSR count). The van der Waals surface area contributed by atoms with E-state index in [1.165, 1.54) is 0 Å². The summed E-state index contributed by atoms with van der Waals surface area (Å²) in [6, 6.07) is 9.06. The lowest BCUT2D eigenvalue weighted by atomic mass is 10.2. The van der Waals surface area contributed by atoms with E-state index in [-0.39, 0.29) is 6.54 Å². The van der Waals surface area contributed by atoms with Crippen LogP contribution in [0.25, 0.3) is 6.08 Å². The number of nitrogens with zero attached hydrogens (tertiary/aromatic N) is 2. The minimum Gasteiger partial charge on any atom is -0.346 e. The third-order valence-corrected chi connectivity index (χ3v) is 5.89. The highest BCUT2D eigenvalue weighted by Crippen LogP contribution is 2.33. The number of carbonyl (C=O) groups is 3. The van der Waals surface area contributed by atoms with Gasteiger partial charge in [0.05, 0.1) is 15.6 Å². The summed E-state index contributed by atoms with van der Waals surface area (Å²) in [6.07, 6.45) is 1.72. The van der Waals surface area contributed by atoms with Crippen molar-refractivity contribution in [3.63, 3.8) is 0 Å². The summed E-state index contributed by atoms with van der Waals surface area (Å²) in [6.45, 7) is 7.82. The molecule has 1 aromatic carbocycles. The average molecular weight is 432 g/mol. The third-order valence-electron chi connectivity index (χ3n) is 4.65. The summed E-state index contributed by atoms with van der Waals surface area (Å²) < 4.78 is 2.17. The van der Waals surface area contributed by atoms with Crippen LogP contribution in [0.2, 0.25) is 5.02 Å². The van der Waals surface area contributed by atoms with Crippen molar-refractivity contribution in [3.8, 4) is 0 Å². The van der Waals surface area contributed by atoms with Gasteiger partial charge in [0.2, 0.25) is 5.91 Å². The van der Waals surface area contributed by atoms with Crippen LogP contribution in [0.4, 0.5) is 10.5 Å². The summed E-state index contributed by atoms with van der Waals surface area (Å²) in [4.78, 5) is 38.6. The number of thioether (sulfide) groups is 1. The molecule has 1 aliphatic heterocycles. The second-order valence-electron chi connectivity index (χ2n) is 7.09. The largest absolute Gasteiger partial charge is 0.346 e. The molecule has 0 radical (unpaired) electrons. The molecular formula is C21H22ClN3O3S. The van der Waals surface area contributed by atoms with Crippen molar-refractivity contribution >= 4 is 52.2 Å². The van der Waals surface area contributed by atoms with Gasteiger partial charge in [-0.3, -0.25) is 19.3 Å². The van der Waals surface area contributed by atoms with E-state index in [0.29, 0.717) is 21.7 Å². The number of nitrogens with one attached hydrogen (secondary N) is 1. The van der Waals surface area contributed by atoms with E-state index in [1.54, 1.807) is 30.3 Å². The van der Waals surface area contributed by atoms with Crippen LogP contribution >= 0.6 is 23.4 Å². The first-order valence-corrected chi connectivity index (χ1v) is 10.4. The molecule has 29 heavy (non-hydrogen) atoms. The maximum absolute atomic E-state index is 12.7. The van der Waals surface area contributed by atoms with Crippen molar-refractivity contribution in [3.05, 3.63) is 57.2 Å².